The van der Waals surface area contributed by atoms with Gasteiger partial charge in [0, 0.05) is 18.8 Å². The molecule has 10 heteroatoms. The molecule has 0 aromatic carbocycles. The number of pyridine rings is 1. The second kappa shape index (κ2) is 7.77. The quantitative estimate of drug-likeness (QED) is 0.432. The Morgan fingerprint density at radius 1 is 1.57 bits per heavy atom. The second-order valence-electron chi connectivity index (χ2n) is 4.59. The van der Waals surface area contributed by atoms with Crippen LogP contribution in [0.4, 0.5) is 5.82 Å². The van der Waals surface area contributed by atoms with Gasteiger partial charge < -0.3 is 24.5 Å². The van der Waals surface area contributed by atoms with Crippen molar-refractivity contribution < 1.29 is 24.0 Å². The molecule has 1 aliphatic heterocycles. The van der Waals surface area contributed by atoms with Gasteiger partial charge in [-0.15, -0.1) is 11.8 Å². The summed E-state index contributed by atoms with van der Waals surface area (Å²) in [4.78, 5) is 38.9. The van der Waals surface area contributed by atoms with Crippen LogP contribution in [0.25, 0.3) is 0 Å². The number of hydrogen-bond acceptors (Lipinski definition) is 8. The molecule has 2 rings (SSSR count). The number of carbonyl (C=O) groups is 2. The summed E-state index contributed by atoms with van der Waals surface area (Å²) in [5, 5.41) is 10.4. The first-order chi connectivity index (χ1) is 11.0. The molecule has 1 aromatic heterocycles. The smallest absolute Gasteiger partial charge is 0.406 e. The highest BCUT2D eigenvalue weighted by Gasteiger charge is 2.30. The zero-order valence-corrected chi connectivity index (χ0v) is 13.2. The monoisotopic (exact) mass is 341 g/mol. The fourth-order valence-electron chi connectivity index (χ4n) is 2.01. The predicted molar refractivity (Wildman–Crippen MR) is 81.2 cm³/mol. The summed E-state index contributed by atoms with van der Waals surface area (Å²) in [7, 11) is 1.30. The van der Waals surface area contributed by atoms with Gasteiger partial charge in [0.15, 0.2) is 6.61 Å². The number of ether oxygens (including phenoxy) is 2. The highest BCUT2D eigenvalue weighted by molar-refractivity contribution is 8.00. The van der Waals surface area contributed by atoms with Crippen molar-refractivity contribution in [1.29, 1.82) is 0 Å². The first kappa shape index (κ1) is 17.0. The van der Waals surface area contributed by atoms with Crippen LogP contribution < -0.4 is 4.74 Å². The highest BCUT2D eigenvalue weighted by Crippen LogP contribution is 2.23. The molecule has 1 saturated heterocycles. The van der Waals surface area contributed by atoms with Gasteiger partial charge in [-0.2, -0.15) is 0 Å². The van der Waals surface area contributed by atoms with E-state index in [-0.39, 0.29) is 30.8 Å². The van der Waals surface area contributed by atoms with Crippen LogP contribution in [0.3, 0.4) is 0 Å². The number of carbonyl (C=O) groups excluding carboxylic acids is 2. The van der Waals surface area contributed by atoms with Crippen molar-refractivity contribution in [3.05, 3.63) is 28.4 Å². The number of rotatable bonds is 5. The van der Waals surface area contributed by atoms with Crippen molar-refractivity contribution in [2.24, 2.45) is 0 Å². The van der Waals surface area contributed by atoms with Crippen molar-refractivity contribution in [3.8, 4) is 5.75 Å². The Morgan fingerprint density at radius 2 is 2.35 bits per heavy atom. The summed E-state index contributed by atoms with van der Waals surface area (Å²) in [5.41, 5.74) is 0. The van der Waals surface area contributed by atoms with E-state index in [9.17, 15) is 19.7 Å². The summed E-state index contributed by atoms with van der Waals surface area (Å²) in [5.74, 6) is -0.629. The third kappa shape index (κ3) is 4.31. The molecular weight excluding hydrogens is 326 g/mol. The average molecular weight is 341 g/mol. The normalized spacial score (nSPS) is 17.4. The van der Waals surface area contributed by atoms with Gasteiger partial charge in [-0.25, -0.2) is 0 Å². The van der Waals surface area contributed by atoms with E-state index in [1.807, 2.05) is 0 Å². The maximum atomic E-state index is 12.2. The van der Waals surface area contributed by atoms with Crippen molar-refractivity contribution >= 4 is 29.5 Å². The number of thioether (sulfide) groups is 1. The number of amides is 1. The van der Waals surface area contributed by atoms with Gasteiger partial charge in [-0.3, -0.25) is 9.59 Å². The van der Waals surface area contributed by atoms with E-state index in [1.165, 1.54) is 42.1 Å². The van der Waals surface area contributed by atoms with Crippen LogP contribution in [0.15, 0.2) is 18.3 Å². The zero-order valence-electron chi connectivity index (χ0n) is 12.3. The lowest BCUT2D eigenvalue weighted by atomic mass is 10.3. The van der Waals surface area contributed by atoms with Crippen LogP contribution in [0, 0.1) is 10.1 Å². The summed E-state index contributed by atoms with van der Waals surface area (Å²) >= 11 is 1.43. The molecule has 1 aliphatic rings. The second-order valence-corrected chi connectivity index (χ2v) is 5.90. The van der Waals surface area contributed by atoms with E-state index in [2.05, 4.69) is 9.72 Å². The van der Waals surface area contributed by atoms with Crippen LogP contribution in [-0.2, 0) is 14.3 Å². The Labute approximate surface area is 136 Å². The molecule has 9 nitrogen and oxygen atoms in total. The lowest BCUT2D eigenvalue weighted by molar-refractivity contribution is -0.390. The molecule has 1 fully saturated rings. The minimum absolute atomic E-state index is 0.0678. The van der Waals surface area contributed by atoms with Crippen LogP contribution in [0.5, 0.6) is 5.75 Å². The molecule has 0 saturated carbocycles. The summed E-state index contributed by atoms with van der Waals surface area (Å²) in [6, 6.07) is 2.86. The molecule has 0 aliphatic carbocycles. The number of nitro groups is 1. The first-order valence-electron chi connectivity index (χ1n) is 6.72. The van der Waals surface area contributed by atoms with Gasteiger partial charge in [-0.1, -0.05) is 0 Å². The minimum Gasteiger partial charge on any atom is -0.476 e. The maximum absolute atomic E-state index is 12.2. The lowest BCUT2D eigenvalue weighted by Gasteiger charge is -2.30. The molecule has 1 atom stereocenters. The molecule has 0 spiro atoms. The van der Waals surface area contributed by atoms with Gasteiger partial charge in [-0.05, 0) is 22.0 Å². The molecule has 0 unspecified atom stereocenters. The van der Waals surface area contributed by atoms with Crippen LogP contribution in [0.1, 0.15) is 0 Å². The molecule has 0 bridgehead atoms. The Kier molecular flexibility index (Phi) is 5.74. The van der Waals surface area contributed by atoms with Crippen LogP contribution >= 0.6 is 11.8 Å². The Morgan fingerprint density at radius 3 is 3.04 bits per heavy atom. The molecule has 2 heterocycles. The van der Waals surface area contributed by atoms with Gasteiger partial charge in [0.05, 0.1) is 7.11 Å². The van der Waals surface area contributed by atoms with E-state index in [0.717, 1.165) is 0 Å². The standard InChI is InChI=1S/C13H15N3O6S/c1-21-13(18)10-7-15(5-6-23-10)11(17)8-22-9-3-2-4-14-12(9)16(19)20/h2-4,10H,5-8H2,1H3/t10-/m0/s1. The minimum atomic E-state index is -0.676. The van der Waals surface area contributed by atoms with E-state index in [0.29, 0.717) is 12.3 Å². The van der Waals surface area contributed by atoms with Crippen molar-refractivity contribution in [2.45, 2.75) is 5.25 Å². The summed E-state index contributed by atoms with van der Waals surface area (Å²) in [6.07, 6.45) is 1.27. The molecule has 1 aromatic rings. The van der Waals surface area contributed by atoms with Crippen molar-refractivity contribution in [2.75, 3.05) is 32.6 Å². The zero-order chi connectivity index (χ0) is 16.8. The van der Waals surface area contributed by atoms with Crippen molar-refractivity contribution in [3.63, 3.8) is 0 Å². The topological polar surface area (TPSA) is 112 Å². The van der Waals surface area contributed by atoms with Gasteiger partial charge in [0.25, 0.3) is 5.91 Å². The maximum Gasteiger partial charge on any atom is 0.406 e. The third-order valence-electron chi connectivity index (χ3n) is 3.16. The van der Waals surface area contributed by atoms with Crippen LogP contribution in [0.2, 0.25) is 0 Å². The third-order valence-corrected chi connectivity index (χ3v) is 4.32. The highest BCUT2D eigenvalue weighted by atomic mass is 32.2. The molecule has 0 N–H and O–H groups in total. The van der Waals surface area contributed by atoms with Gasteiger partial charge in [0.2, 0.25) is 5.75 Å². The molecule has 124 valence electrons. The number of nitrogens with zero attached hydrogens (tertiary/aromatic N) is 3. The number of methoxy groups -OCH3 is 1. The largest absolute Gasteiger partial charge is 0.476 e. The van der Waals surface area contributed by atoms with E-state index in [4.69, 9.17) is 4.74 Å². The number of esters is 1. The molecular formula is C13H15N3O6S. The first-order valence-corrected chi connectivity index (χ1v) is 7.77. The molecule has 1 amide bonds. The SMILES string of the molecule is COC(=O)[C@@H]1CN(C(=O)COc2cccnc2[N+](=O)[O-])CCS1. The fraction of sp³-hybridized carbons (Fsp3) is 0.462. The Bertz CT molecular complexity index is 611. The van der Waals surface area contributed by atoms with Gasteiger partial charge in [0.1, 0.15) is 11.4 Å². The predicted octanol–water partition coefficient (Wildman–Crippen LogP) is 0.486. The van der Waals surface area contributed by atoms with Gasteiger partial charge >= 0.3 is 11.8 Å². The summed E-state index contributed by atoms with van der Waals surface area (Å²) < 4.78 is 9.89. The number of hydrogen-bond donors (Lipinski definition) is 0. The Balaban J connectivity index is 1.95. The molecule has 0 radical (unpaired) electrons. The van der Waals surface area contributed by atoms with E-state index < -0.39 is 16.0 Å². The van der Waals surface area contributed by atoms with E-state index >= 15 is 0 Å². The Hall–Kier alpha value is -2.36. The lowest BCUT2D eigenvalue weighted by Crippen LogP contribution is -2.46. The average Bonchev–Trinajstić information content (AvgIpc) is 2.59. The van der Waals surface area contributed by atoms with Crippen LogP contribution in [-0.4, -0.2) is 64.5 Å². The fourth-order valence-corrected chi connectivity index (χ4v) is 3.14. The summed E-state index contributed by atoms with van der Waals surface area (Å²) in [6.45, 7) is 0.356. The molecule has 23 heavy (non-hydrogen) atoms. The van der Waals surface area contributed by atoms with Crippen molar-refractivity contribution in [1.82, 2.24) is 9.88 Å². The van der Waals surface area contributed by atoms with E-state index in [1.54, 1.807) is 0 Å². The number of aromatic nitrogens is 1.